The molecular weight excluding hydrogens is 305 g/mol. The summed E-state index contributed by atoms with van der Waals surface area (Å²) >= 11 is 0. The van der Waals surface area contributed by atoms with Gasteiger partial charge in [0.1, 0.15) is 5.82 Å². The molecule has 1 saturated carbocycles. The highest BCUT2D eigenvalue weighted by molar-refractivity contribution is 5.79. The molecule has 1 aromatic carbocycles. The van der Waals surface area contributed by atoms with Gasteiger partial charge in [-0.25, -0.2) is 4.39 Å². The molecule has 2 N–H and O–H groups in total. The molecule has 2 aliphatic rings. The lowest BCUT2D eigenvalue weighted by Crippen LogP contribution is -2.51. The van der Waals surface area contributed by atoms with E-state index in [-0.39, 0.29) is 16.8 Å². The fourth-order valence-electron chi connectivity index (χ4n) is 3.70. The van der Waals surface area contributed by atoms with Gasteiger partial charge in [-0.05, 0) is 50.3 Å². The third kappa shape index (κ3) is 3.72. The van der Waals surface area contributed by atoms with Crippen LogP contribution in [0, 0.1) is 5.82 Å². The van der Waals surface area contributed by atoms with Gasteiger partial charge in [0.05, 0.1) is 5.60 Å². The number of guanidine groups is 1. The van der Waals surface area contributed by atoms with Crippen molar-refractivity contribution in [2.45, 2.75) is 50.0 Å². The van der Waals surface area contributed by atoms with Gasteiger partial charge in [-0.2, -0.15) is 0 Å². The largest absolute Gasteiger partial charge is 0.373 e. The van der Waals surface area contributed by atoms with Gasteiger partial charge in [0, 0.05) is 32.2 Å². The van der Waals surface area contributed by atoms with Crippen molar-refractivity contribution in [1.82, 2.24) is 10.6 Å². The van der Waals surface area contributed by atoms with E-state index in [2.05, 4.69) is 22.5 Å². The second-order valence-electron chi connectivity index (χ2n) is 7.32. The maximum Gasteiger partial charge on any atom is 0.191 e. The van der Waals surface area contributed by atoms with Crippen molar-refractivity contribution < 1.29 is 9.13 Å². The smallest absolute Gasteiger partial charge is 0.191 e. The van der Waals surface area contributed by atoms with E-state index in [1.807, 2.05) is 12.1 Å². The van der Waals surface area contributed by atoms with Crippen LogP contribution in [0.3, 0.4) is 0 Å². The lowest BCUT2D eigenvalue weighted by molar-refractivity contribution is 0.0242. The van der Waals surface area contributed by atoms with Crippen molar-refractivity contribution in [2.24, 2.45) is 4.99 Å². The first-order valence-corrected chi connectivity index (χ1v) is 8.90. The molecular formula is C19H28FN3O. The number of hydrogen-bond donors (Lipinski definition) is 2. The number of halogens is 1. The van der Waals surface area contributed by atoms with Gasteiger partial charge >= 0.3 is 0 Å². The van der Waals surface area contributed by atoms with Crippen molar-refractivity contribution in [3.63, 3.8) is 0 Å². The second-order valence-corrected chi connectivity index (χ2v) is 7.32. The van der Waals surface area contributed by atoms with Crippen LogP contribution in [0.1, 0.15) is 44.6 Å². The average Bonchev–Trinajstić information content (AvgIpc) is 2.97. The van der Waals surface area contributed by atoms with E-state index in [0.717, 1.165) is 51.3 Å². The quantitative estimate of drug-likeness (QED) is 0.643. The molecule has 0 spiro atoms. The van der Waals surface area contributed by atoms with E-state index in [0.29, 0.717) is 0 Å². The summed E-state index contributed by atoms with van der Waals surface area (Å²) in [4.78, 5) is 4.33. The highest BCUT2D eigenvalue weighted by atomic mass is 19.1. The molecule has 1 heterocycles. The van der Waals surface area contributed by atoms with E-state index < -0.39 is 0 Å². The molecule has 1 atom stereocenters. The Bertz CT molecular complexity index is 575. The predicted octanol–water partition coefficient (Wildman–Crippen LogP) is 2.98. The van der Waals surface area contributed by atoms with Crippen molar-refractivity contribution in [1.29, 1.82) is 0 Å². The van der Waals surface area contributed by atoms with Crippen molar-refractivity contribution in [2.75, 3.05) is 26.7 Å². The average molecular weight is 333 g/mol. The molecule has 1 saturated heterocycles. The van der Waals surface area contributed by atoms with Gasteiger partial charge in [-0.3, -0.25) is 4.99 Å². The van der Waals surface area contributed by atoms with Gasteiger partial charge < -0.3 is 15.4 Å². The number of rotatable bonds is 5. The zero-order valence-electron chi connectivity index (χ0n) is 14.7. The van der Waals surface area contributed by atoms with Crippen LogP contribution in [0.25, 0.3) is 0 Å². The van der Waals surface area contributed by atoms with Crippen LogP contribution in [0.2, 0.25) is 0 Å². The topological polar surface area (TPSA) is 45.7 Å². The third-order valence-electron chi connectivity index (χ3n) is 5.52. The highest BCUT2D eigenvalue weighted by Gasteiger charge is 2.38. The Kier molecular flexibility index (Phi) is 5.09. The zero-order valence-corrected chi connectivity index (χ0v) is 14.7. The number of nitrogens with zero attached hydrogens (tertiary/aromatic N) is 1. The number of nitrogens with one attached hydrogen (secondary N) is 2. The van der Waals surface area contributed by atoms with Crippen LogP contribution in [-0.4, -0.2) is 38.3 Å². The SMILES string of the molecule is CN=C(NCC1(C)CCCO1)NCC1(c2ccc(F)cc2)CCC1. The van der Waals surface area contributed by atoms with Crippen molar-refractivity contribution in [3.8, 4) is 0 Å². The maximum absolute atomic E-state index is 13.2. The van der Waals surface area contributed by atoms with E-state index in [1.54, 1.807) is 19.2 Å². The summed E-state index contributed by atoms with van der Waals surface area (Å²) in [5.41, 5.74) is 1.21. The van der Waals surface area contributed by atoms with E-state index in [4.69, 9.17) is 4.74 Å². The minimum absolute atomic E-state index is 0.0945. The fourth-order valence-corrected chi connectivity index (χ4v) is 3.70. The molecule has 3 rings (SSSR count). The normalized spacial score (nSPS) is 26.0. The number of benzene rings is 1. The van der Waals surface area contributed by atoms with Gasteiger partial charge in [-0.15, -0.1) is 0 Å². The van der Waals surface area contributed by atoms with Crippen LogP contribution in [0.5, 0.6) is 0 Å². The van der Waals surface area contributed by atoms with Crippen molar-refractivity contribution >= 4 is 5.96 Å². The molecule has 2 fully saturated rings. The first kappa shape index (κ1) is 17.2. The van der Waals surface area contributed by atoms with Gasteiger partial charge in [0.25, 0.3) is 0 Å². The first-order chi connectivity index (χ1) is 11.6. The maximum atomic E-state index is 13.2. The lowest BCUT2D eigenvalue weighted by atomic mass is 9.64. The summed E-state index contributed by atoms with van der Waals surface area (Å²) < 4.78 is 19.0. The Labute approximate surface area is 143 Å². The molecule has 24 heavy (non-hydrogen) atoms. The van der Waals surface area contributed by atoms with Crippen LogP contribution in [0.4, 0.5) is 4.39 Å². The molecule has 1 unspecified atom stereocenters. The summed E-state index contributed by atoms with van der Waals surface area (Å²) in [5.74, 6) is 0.628. The first-order valence-electron chi connectivity index (χ1n) is 8.90. The molecule has 4 nitrogen and oxygen atoms in total. The predicted molar refractivity (Wildman–Crippen MR) is 94.9 cm³/mol. The lowest BCUT2D eigenvalue weighted by Gasteiger charge is -2.43. The van der Waals surface area contributed by atoms with Gasteiger partial charge in [0.15, 0.2) is 5.96 Å². The molecule has 0 radical (unpaired) electrons. The van der Waals surface area contributed by atoms with Crippen molar-refractivity contribution in [3.05, 3.63) is 35.6 Å². The van der Waals surface area contributed by atoms with Crippen LogP contribution < -0.4 is 10.6 Å². The Morgan fingerprint density at radius 3 is 2.38 bits per heavy atom. The van der Waals surface area contributed by atoms with E-state index in [9.17, 15) is 4.39 Å². The molecule has 0 amide bonds. The highest BCUT2D eigenvalue weighted by Crippen LogP contribution is 2.43. The molecule has 0 bridgehead atoms. The molecule has 0 aromatic heterocycles. The minimum atomic E-state index is -0.177. The molecule has 132 valence electrons. The summed E-state index contributed by atoms with van der Waals surface area (Å²) in [6.45, 7) is 4.57. The number of ether oxygens (including phenoxy) is 1. The molecule has 1 aliphatic heterocycles. The second kappa shape index (κ2) is 7.09. The Hall–Kier alpha value is -1.62. The summed E-state index contributed by atoms with van der Waals surface area (Å²) in [6, 6.07) is 6.95. The minimum Gasteiger partial charge on any atom is -0.373 e. The number of hydrogen-bond acceptors (Lipinski definition) is 2. The van der Waals surface area contributed by atoms with E-state index in [1.165, 1.54) is 12.0 Å². The van der Waals surface area contributed by atoms with Crippen LogP contribution in [-0.2, 0) is 10.2 Å². The molecule has 1 aromatic rings. The standard InChI is InChI=1S/C19H28FN3O/c1-18(9-4-12-24-18)13-22-17(21-2)23-14-19(10-3-11-19)15-5-7-16(20)8-6-15/h5-8H,3-4,9-14H2,1-2H3,(H2,21,22,23). The van der Waals surface area contributed by atoms with Crippen LogP contribution in [0.15, 0.2) is 29.3 Å². The Morgan fingerprint density at radius 1 is 1.12 bits per heavy atom. The number of aliphatic imine (C=N–C) groups is 1. The third-order valence-corrected chi connectivity index (χ3v) is 5.52. The van der Waals surface area contributed by atoms with Gasteiger partial charge in [0.2, 0.25) is 0 Å². The summed E-state index contributed by atoms with van der Waals surface area (Å²) in [6.07, 6.45) is 5.68. The summed E-state index contributed by atoms with van der Waals surface area (Å²) in [5, 5.41) is 6.84. The summed E-state index contributed by atoms with van der Waals surface area (Å²) in [7, 11) is 1.79. The Morgan fingerprint density at radius 2 is 1.83 bits per heavy atom. The monoisotopic (exact) mass is 333 g/mol. The molecule has 5 heteroatoms. The fraction of sp³-hybridized carbons (Fsp3) is 0.632. The van der Waals surface area contributed by atoms with E-state index >= 15 is 0 Å². The zero-order chi connectivity index (χ0) is 17.0. The van der Waals surface area contributed by atoms with Gasteiger partial charge in [-0.1, -0.05) is 18.6 Å². The van der Waals surface area contributed by atoms with Crippen LogP contribution >= 0.6 is 0 Å². The Balaban J connectivity index is 1.57. The molecule has 1 aliphatic carbocycles.